The molecule has 3 rings (SSSR count). The van der Waals surface area contributed by atoms with E-state index in [0.29, 0.717) is 22.8 Å². The molecule has 1 N–H and O–H groups in total. The van der Waals surface area contributed by atoms with Gasteiger partial charge in [-0.3, -0.25) is 4.99 Å². The number of hydrogen-bond donors (Lipinski definition) is 1. The Bertz CT molecular complexity index is 1030. The number of benzene rings is 2. The third kappa shape index (κ3) is 5.30. The van der Waals surface area contributed by atoms with Gasteiger partial charge in [0.15, 0.2) is 0 Å². The lowest BCUT2D eigenvalue weighted by atomic mass is 10.1. The molecule has 29 heavy (non-hydrogen) atoms. The molecule has 1 heterocycles. The van der Waals surface area contributed by atoms with Gasteiger partial charge in [0.2, 0.25) is 0 Å². The molecule has 3 aromatic rings. The molecule has 8 heteroatoms. The first-order valence-electron chi connectivity index (χ1n) is 8.89. The van der Waals surface area contributed by atoms with Crippen molar-refractivity contribution in [3.63, 3.8) is 0 Å². The Morgan fingerprint density at radius 2 is 2.07 bits per heavy atom. The summed E-state index contributed by atoms with van der Waals surface area (Å²) in [5.74, 6) is -0.867. The molecule has 0 amide bonds. The summed E-state index contributed by atoms with van der Waals surface area (Å²) < 4.78 is 6.70. The molecule has 1 aromatic heterocycles. The van der Waals surface area contributed by atoms with Gasteiger partial charge in [-0.15, -0.1) is 0 Å². The van der Waals surface area contributed by atoms with E-state index in [2.05, 4.69) is 15.1 Å². The van der Waals surface area contributed by atoms with Crippen LogP contribution in [-0.2, 0) is 16.1 Å². The fourth-order valence-corrected chi connectivity index (χ4v) is 2.78. The van der Waals surface area contributed by atoms with E-state index in [1.807, 2.05) is 12.1 Å². The Morgan fingerprint density at radius 3 is 2.72 bits per heavy atom. The molecule has 0 saturated heterocycles. The van der Waals surface area contributed by atoms with Gasteiger partial charge in [0.25, 0.3) is 0 Å². The van der Waals surface area contributed by atoms with E-state index in [1.165, 1.54) is 12.5 Å². The number of carbonyl (C=O) groups excluding carboxylic acids is 1. The number of aromatic nitrogens is 3. The standard InChI is InChI=1S/C21H19ClN4O3/c1-2-29-21(28)18(20(27)15-6-4-3-5-7-15)11-24-17-9-8-16(19(22)10-17)12-26-14-23-13-25-26/h3-11,13-14,27H,2,12H2,1H3/b20-18+,24-11?. The van der Waals surface area contributed by atoms with Crippen LogP contribution < -0.4 is 0 Å². The van der Waals surface area contributed by atoms with Gasteiger partial charge < -0.3 is 9.84 Å². The molecule has 7 nitrogen and oxygen atoms in total. The van der Waals surface area contributed by atoms with Crippen LogP contribution in [0.4, 0.5) is 5.69 Å². The van der Waals surface area contributed by atoms with Crippen LogP contribution in [0.5, 0.6) is 0 Å². The quantitative estimate of drug-likeness (QED) is 0.272. The number of hydrogen-bond acceptors (Lipinski definition) is 6. The van der Waals surface area contributed by atoms with Gasteiger partial charge in [0.1, 0.15) is 24.0 Å². The summed E-state index contributed by atoms with van der Waals surface area (Å²) in [5.41, 5.74) is 1.83. The van der Waals surface area contributed by atoms with Gasteiger partial charge >= 0.3 is 5.97 Å². The van der Waals surface area contributed by atoms with Crippen LogP contribution in [0.3, 0.4) is 0 Å². The third-order valence-electron chi connectivity index (χ3n) is 3.98. The second kappa shape index (κ2) is 9.66. The number of rotatable bonds is 7. The summed E-state index contributed by atoms with van der Waals surface area (Å²) >= 11 is 6.34. The van der Waals surface area contributed by atoms with Gasteiger partial charge in [0.05, 0.1) is 18.8 Å². The molecule has 0 fully saturated rings. The van der Waals surface area contributed by atoms with Crippen molar-refractivity contribution in [2.75, 3.05) is 6.61 Å². The van der Waals surface area contributed by atoms with Crippen LogP contribution in [0.1, 0.15) is 18.1 Å². The number of aliphatic hydroxyl groups excluding tert-OH is 1. The van der Waals surface area contributed by atoms with Crippen molar-refractivity contribution < 1.29 is 14.6 Å². The number of esters is 1. The zero-order chi connectivity index (χ0) is 20.6. The van der Waals surface area contributed by atoms with Gasteiger partial charge in [0, 0.05) is 16.8 Å². The highest BCUT2D eigenvalue weighted by Crippen LogP contribution is 2.24. The molecule has 0 aliphatic carbocycles. The number of nitrogens with zero attached hydrogens (tertiary/aromatic N) is 4. The van der Waals surface area contributed by atoms with E-state index in [1.54, 1.807) is 54.3 Å². The maximum Gasteiger partial charge on any atom is 0.343 e. The van der Waals surface area contributed by atoms with Crippen LogP contribution in [0.2, 0.25) is 5.02 Å². The molecule has 0 aliphatic rings. The third-order valence-corrected chi connectivity index (χ3v) is 4.33. The molecule has 2 aromatic carbocycles. The van der Waals surface area contributed by atoms with Crippen molar-refractivity contribution in [3.8, 4) is 0 Å². The lowest BCUT2D eigenvalue weighted by molar-refractivity contribution is -0.137. The Morgan fingerprint density at radius 1 is 1.28 bits per heavy atom. The number of halogens is 1. The summed E-state index contributed by atoms with van der Waals surface area (Å²) in [7, 11) is 0. The largest absolute Gasteiger partial charge is 0.506 e. The average Bonchev–Trinajstić information content (AvgIpc) is 3.24. The van der Waals surface area contributed by atoms with E-state index in [-0.39, 0.29) is 17.9 Å². The van der Waals surface area contributed by atoms with Crippen LogP contribution >= 0.6 is 11.6 Å². The first-order chi connectivity index (χ1) is 14.1. The average molecular weight is 411 g/mol. The van der Waals surface area contributed by atoms with Gasteiger partial charge in [-0.1, -0.05) is 48.0 Å². The first kappa shape index (κ1) is 20.3. The molecule has 148 valence electrons. The van der Waals surface area contributed by atoms with Crippen molar-refractivity contribution in [2.24, 2.45) is 4.99 Å². The second-order valence-corrected chi connectivity index (χ2v) is 6.38. The summed E-state index contributed by atoms with van der Waals surface area (Å²) in [6.45, 7) is 2.35. The minimum atomic E-state index is -0.661. The van der Waals surface area contributed by atoms with Crippen molar-refractivity contribution in [1.82, 2.24) is 14.8 Å². The molecule has 0 radical (unpaired) electrons. The Kier molecular flexibility index (Phi) is 6.76. The summed E-state index contributed by atoms with van der Waals surface area (Å²) in [4.78, 5) is 20.5. The van der Waals surface area contributed by atoms with Gasteiger partial charge in [-0.2, -0.15) is 5.10 Å². The van der Waals surface area contributed by atoms with Crippen LogP contribution in [0, 0.1) is 0 Å². The van der Waals surface area contributed by atoms with Gasteiger partial charge in [-0.05, 0) is 24.6 Å². The lowest BCUT2D eigenvalue weighted by Crippen LogP contribution is -2.11. The summed E-state index contributed by atoms with van der Waals surface area (Å²) in [5, 5.41) is 15.1. The van der Waals surface area contributed by atoms with E-state index in [4.69, 9.17) is 16.3 Å². The number of aliphatic hydroxyl groups is 1. The number of ether oxygens (including phenoxy) is 1. The number of carbonyl (C=O) groups is 1. The van der Waals surface area contributed by atoms with Crippen molar-refractivity contribution in [1.29, 1.82) is 0 Å². The van der Waals surface area contributed by atoms with Crippen LogP contribution in [0.25, 0.3) is 5.76 Å². The normalized spacial score (nSPS) is 12.1. The van der Waals surface area contributed by atoms with E-state index in [9.17, 15) is 9.90 Å². The zero-order valence-electron chi connectivity index (χ0n) is 15.7. The van der Waals surface area contributed by atoms with Crippen LogP contribution in [-0.4, -0.2) is 38.7 Å². The monoisotopic (exact) mass is 410 g/mol. The van der Waals surface area contributed by atoms with E-state index in [0.717, 1.165) is 5.56 Å². The maximum absolute atomic E-state index is 12.3. The van der Waals surface area contributed by atoms with Crippen molar-refractivity contribution in [2.45, 2.75) is 13.5 Å². The minimum absolute atomic E-state index is 0.0409. The van der Waals surface area contributed by atoms with Gasteiger partial charge in [-0.25, -0.2) is 14.5 Å². The highest BCUT2D eigenvalue weighted by atomic mass is 35.5. The molecular formula is C21H19ClN4O3. The molecular weight excluding hydrogens is 392 g/mol. The molecule has 0 bridgehead atoms. The first-order valence-corrected chi connectivity index (χ1v) is 9.27. The zero-order valence-corrected chi connectivity index (χ0v) is 16.5. The predicted molar refractivity (Wildman–Crippen MR) is 111 cm³/mol. The Hall–Kier alpha value is -3.45. The fraction of sp³-hybridized carbons (Fsp3) is 0.143. The predicted octanol–water partition coefficient (Wildman–Crippen LogP) is 4.21. The maximum atomic E-state index is 12.3. The van der Waals surface area contributed by atoms with Crippen LogP contribution in [0.15, 0.2) is 71.8 Å². The highest BCUT2D eigenvalue weighted by Gasteiger charge is 2.16. The number of aliphatic imine (C=N–C) groups is 1. The molecule has 0 spiro atoms. The Labute approximate surface area is 173 Å². The molecule has 0 aliphatic heterocycles. The molecule has 0 unspecified atom stereocenters. The fourth-order valence-electron chi connectivity index (χ4n) is 2.54. The topological polar surface area (TPSA) is 89.6 Å². The second-order valence-electron chi connectivity index (χ2n) is 5.98. The molecule has 0 atom stereocenters. The highest BCUT2D eigenvalue weighted by molar-refractivity contribution is 6.31. The summed E-state index contributed by atoms with van der Waals surface area (Å²) in [6, 6.07) is 14.0. The van der Waals surface area contributed by atoms with E-state index >= 15 is 0 Å². The lowest BCUT2D eigenvalue weighted by Gasteiger charge is -2.07. The van der Waals surface area contributed by atoms with Crippen molar-refractivity contribution in [3.05, 3.63) is 82.9 Å². The minimum Gasteiger partial charge on any atom is -0.506 e. The van der Waals surface area contributed by atoms with Crippen molar-refractivity contribution >= 4 is 35.2 Å². The Balaban J connectivity index is 1.87. The smallest absolute Gasteiger partial charge is 0.343 e. The molecule has 0 saturated carbocycles. The summed E-state index contributed by atoms with van der Waals surface area (Å²) in [6.07, 6.45) is 4.34. The van der Waals surface area contributed by atoms with E-state index < -0.39 is 5.97 Å². The SMILES string of the molecule is CCOC(=O)/C(C=Nc1ccc(Cn2cncn2)c(Cl)c1)=C(/O)c1ccccc1.